The number of aromatic nitrogens is 2. The smallest absolute Gasteiger partial charge is 0.266 e. The Morgan fingerprint density at radius 2 is 1.77 bits per heavy atom. The molecule has 4 aromatic rings. The second kappa shape index (κ2) is 12.0. The van der Waals surface area contributed by atoms with E-state index in [-0.39, 0.29) is 11.9 Å². The van der Waals surface area contributed by atoms with E-state index in [0.29, 0.717) is 15.8 Å². The third-order valence-electron chi connectivity index (χ3n) is 6.75. The molecule has 7 heteroatoms. The molecule has 0 N–H and O–H groups in total. The van der Waals surface area contributed by atoms with Crippen LogP contribution < -0.4 is 4.74 Å². The summed E-state index contributed by atoms with van der Waals surface area (Å²) in [5, 5.41) is 4.95. The van der Waals surface area contributed by atoms with Crippen LogP contribution in [0.25, 0.3) is 23.0 Å². The molecule has 0 bridgehead atoms. The molecule has 2 heterocycles. The van der Waals surface area contributed by atoms with Gasteiger partial charge in [-0.15, -0.1) is 0 Å². The van der Waals surface area contributed by atoms with Crippen molar-refractivity contribution >= 4 is 40.3 Å². The predicted molar refractivity (Wildman–Crippen MR) is 164 cm³/mol. The van der Waals surface area contributed by atoms with Crippen molar-refractivity contribution in [3.63, 3.8) is 0 Å². The van der Waals surface area contributed by atoms with Crippen LogP contribution in [-0.2, 0) is 4.79 Å². The molecule has 1 saturated heterocycles. The van der Waals surface area contributed by atoms with E-state index in [1.54, 1.807) is 4.90 Å². The van der Waals surface area contributed by atoms with Crippen molar-refractivity contribution in [2.45, 2.75) is 39.7 Å². The number of hydrogen-bond acceptors (Lipinski definition) is 5. The van der Waals surface area contributed by atoms with Gasteiger partial charge in [0.2, 0.25) is 0 Å². The van der Waals surface area contributed by atoms with Crippen molar-refractivity contribution in [3.8, 4) is 22.7 Å². The maximum Gasteiger partial charge on any atom is 0.266 e. The monoisotopic (exact) mass is 553 g/mol. The topological polar surface area (TPSA) is 47.4 Å². The molecule has 198 valence electrons. The molecule has 5 rings (SSSR count). The van der Waals surface area contributed by atoms with Crippen LogP contribution in [0.15, 0.2) is 90.0 Å². The highest BCUT2D eigenvalue weighted by molar-refractivity contribution is 8.26. The largest absolute Gasteiger partial charge is 0.493 e. The van der Waals surface area contributed by atoms with Gasteiger partial charge < -0.3 is 4.74 Å². The third kappa shape index (κ3) is 5.84. The van der Waals surface area contributed by atoms with Crippen molar-refractivity contribution < 1.29 is 9.53 Å². The highest BCUT2D eigenvalue weighted by Crippen LogP contribution is 2.39. The second-order valence-electron chi connectivity index (χ2n) is 9.53. The van der Waals surface area contributed by atoms with Crippen LogP contribution >= 0.6 is 24.0 Å². The zero-order chi connectivity index (χ0) is 27.4. The number of ether oxygens (including phenoxy) is 1. The fourth-order valence-electron chi connectivity index (χ4n) is 4.55. The van der Waals surface area contributed by atoms with E-state index >= 15 is 0 Å². The zero-order valence-electron chi connectivity index (χ0n) is 22.3. The first-order valence-corrected chi connectivity index (χ1v) is 14.4. The average Bonchev–Trinajstić information content (AvgIpc) is 3.50. The lowest BCUT2D eigenvalue weighted by atomic mass is 10.0. The summed E-state index contributed by atoms with van der Waals surface area (Å²) in [5.74, 6) is 0.794. The number of unbranched alkanes of at least 4 members (excludes halogenated alkanes) is 1. The highest BCUT2D eigenvalue weighted by atomic mass is 32.2. The summed E-state index contributed by atoms with van der Waals surface area (Å²) in [6, 6.07) is 25.9. The molecule has 1 amide bonds. The summed E-state index contributed by atoms with van der Waals surface area (Å²) in [6.07, 6.45) is 6.00. The van der Waals surface area contributed by atoms with Gasteiger partial charge >= 0.3 is 0 Å². The van der Waals surface area contributed by atoms with Gasteiger partial charge in [0.15, 0.2) is 0 Å². The lowest BCUT2D eigenvalue weighted by Gasteiger charge is -2.23. The van der Waals surface area contributed by atoms with E-state index in [9.17, 15) is 4.79 Å². The number of amides is 1. The van der Waals surface area contributed by atoms with Gasteiger partial charge in [-0.2, -0.15) is 5.10 Å². The molecule has 0 radical (unpaired) electrons. The molecule has 1 aliphatic heterocycles. The molecule has 0 aliphatic carbocycles. The van der Waals surface area contributed by atoms with E-state index in [1.165, 1.54) is 11.8 Å². The van der Waals surface area contributed by atoms with Gasteiger partial charge in [0.25, 0.3) is 5.91 Å². The molecule has 5 nitrogen and oxygen atoms in total. The number of aryl methyl sites for hydroxylation is 1. The maximum atomic E-state index is 13.6. The van der Waals surface area contributed by atoms with E-state index in [1.807, 2.05) is 96.7 Å². The number of para-hydroxylation sites is 1. The van der Waals surface area contributed by atoms with Crippen molar-refractivity contribution in [3.05, 3.63) is 107 Å². The molecule has 1 atom stereocenters. The summed E-state index contributed by atoms with van der Waals surface area (Å²) in [5.41, 5.74) is 5.65. The molecule has 3 aromatic carbocycles. The number of carbonyl (C=O) groups is 1. The highest BCUT2D eigenvalue weighted by Gasteiger charge is 2.36. The van der Waals surface area contributed by atoms with E-state index < -0.39 is 0 Å². The third-order valence-corrected chi connectivity index (χ3v) is 8.08. The summed E-state index contributed by atoms with van der Waals surface area (Å²) in [4.78, 5) is 15.9. The normalized spacial score (nSPS) is 15.3. The Kier molecular flexibility index (Phi) is 8.29. The SMILES string of the molecule is CCCCOc1ccc(-c2nn(-c3ccccc3)cc2/C=C2\SC(=S)N(C(C)c3ccccc3)C2=O)cc1C. The molecule has 39 heavy (non-hydrogen) atoms. The Labute approximate surface area is 239 Å². The first-order valence-electron chi connectivity index (χ1n) is 13.2. The van der Waals surface area contributed by atoms with Crippen molar-refractivity contribution in [1.29, 1.82) is 0 Å². The molecule has 1 fully saturated rings. The van der Waals surface area contributed by atoms with Crippen molar-refractivity contribution in [2.24, 2.45) is 0 Å². The Morgan fingerprint density at radius 1 is 1.05 bits per heavy atom. The number of thioether (sulfide) groups is 1. The summed E-state index contributed by atoms with van der Waals surface area (Å²) in [6.45, 7) is 6.91. The summed E-state index contributed by atoms with van der Waals surface area (Å²) < 4.78 is 8.39. The molecule has 1 aromatic heterocycles. The van der Waals surface area contributed by atoms with E-state index in [2.05, 4.69) is 19.9 Å². The number of nitrogens with zero attached hydrogens (tertiary/aromatic N) is 3. The minimum Gasteiger partial charge on any atom is -0.493 e. The predicted octanol–water partition coefficient (Wildman–Crippen LogP) is 7.99. The summed E-state index contributed by atoms with van der Waals surface area (Å²) in [7, 11) is 0. The Morgan fingerprint density at radius 3 is 2.46 bits per heavy atom. The zero-order valence-corrected chi connectivity index (χ0v) is 24.0. The molecule has 0 spiro atoms. The number of benzene rings is 3. The van der Waals surface area contributed by atoms with Crippen LogP contribution in [0.4, 0.5) is 0 Å². The minimum absolute atomic E-state index is 0.0874. The molecular weight excluding hydrogens is 523 g/mol. The van der Waals surface area contributed by atoms with Gasteiger partial charge in [0, 0.05) is 17.3 Å². The molecule has 1 unspecified atom stereocenters. The lowest BCUT2D eigenvalue weighted by molar-refractivity contribution is -0.123. The molecular formula is C32H31N3O2S2. The van der Waals surface area contributed by atoms with Gasteiger partial charge in [-0.1, -0.05) is 85.9 Å². The Hall–Kier alpha value is -3.68. The van der Waals surface area contributed by atoms with E-state index in [0.717, 1.165) is 52.2 Å². The second-order valence-corrected chi connectivity index (χ2v) is 11.2. The number of thiocarbonyl (C=S) groups is 1. The van der Waals surface area contributed by atoms with Gasteiger partial charge in [0.1, 0.15) is 15.8 Å². The number of hydrogen-bond donors (Lipinski definition) is 0. The maximum absolute atomic E-state index is 13.6. The van der Waals surface area contributed by atoms with E-state index in [4.69, 9.17) is 22.1 Å². The van der Waals surface area contributed by atoms with Crippen molar-refractivity contribution in [1.82, 2.24) is 14.7 Å². The van der Waals surface area contributed by atoms with Crippen LogP contribution in [0.1, 0.15) is 49.4 Å². The standard InChI is InChI=1S/C32H31N3O2S2/c1-4-5-18-37-28-17-16-25(19-22(28)2)30-26(21-34(33-30)27-14-10-7-11-15-27)20-29-31(36)35(32(38)39-29)23(3)24-12-8-6-9-13-24/h6-17,19-21,23H,4-5,18H2,1-3H3/b29-20-. The average molecular weight is 554 g/mol. The fraction of sp³-hybridized carbons (Fsp3) is 0.219. The Balaban J connectivity index is 1.51. The minimum atomic E-state index is -0.154. The quantitative estimate of drug-likeness (QED) is 0.119. The summed E-state index contributed by atoms with van der Waals surface area (Å²) >= 11 is 7.00. The van der Waals surface area contributed by atoms with Gasteiger partial charge in [-0.25, -0.2) is 4.68 Å². The van der Waals surface area contributed by atoms with Gasteiger partial charge in [0.05, 0.1) is 23.2 Å². The lowest BCUT2D eigenvalue weighted by Crippen LogP contribution is -2.30. The number of carbonyl (C=O) groups excluding carboxylic acids is 1. The van der Waals surface area contributed by atoms with Crippen LogP contribution in [0, 0.1) is 6.92 Å². The Bertz CT molecular complexity index is 1510. The van der Waals surface area contributed by atoms with Crippen LogP contribution in [-0.4, -0.2) is 31.5 Å². The van der Waals surface area contributed by atoms with Crippen LogP contribution in [0.3, 0.4) is 0 Å². The van der Waals surface area contributed by atoms with Crippen LogP contribution in [0.5, 0.6) is 5.75 Å². The first-order chi connectivity index (χ1) is 19.0. The fourth-order valence-corrected chi connectivity index (χ4v) is 5.96. The van der Waals surface area contributed by atoms with Crippen LogP contribution in [0.2, 0.25) is 0 Å². The van der Waals surface area contributed by atoms with Gasteiger partial charge in [-0.05, 0) is 67.8 Å². The number of rotatable bonds is 9. The first kappa shape index (κ1) is 26.9. The van der Waals surface area contributed by atoms with Crippen molar-refractivity contribution in [2.75, 3.05) is 6.61 Å². The molecule has 1 aliphatic rings. The molecule has 0 saturated carbocycles. The van der Waals surface area contributed by atoms with Gasteiger partial charge in [-0.3, -0.25) is 9.69 Å².